The maximum Gasteiger partial charge on any atom is 0.418 e. The normalized spacial score (nSPS) is 24.4. The number of alkyl halides is 3. The van der Waals surface area contributed by atoms with E-state index >= 15 is 0 Å². The minimum atomic E-state index is -4.76. The Morgan fingerprint density at radius 1 is 1.29 bits per heavy atom. The third-order valence-electron chi connectivity index (χ3n) is 6.84. The van der Waals surface area contributed by atoms with Crippen LogP contribution in [0.25, 0.3) is 11.3 Å². The number of methoxy groups -OCH3 is 1. The third kappa shape index (κ3) is 5.57. The first kappa shape index (κ1) is 29.8. The molecule has 0 radical (unpaired) electrons. The number of aryl methyl sites for hydroxylation is 1. The van der Waals surface area contributed by atoms with Crippen molar-refractivity contribution >= 4 is 23.4 Å². The topological polar surface area (TPSA) is 127 Å². The van der Waals surface area contributed by atoms with E-state index < -0.39 is 59.5 Å². The first-order valence-electron chi connectivity index (χ1n) is 12.5. The Labute approximate surface area is 240 Å². The van der Waals surface area contributed by atoms with Gasteiger partial charge in [0, 0.05) is 34.6 Å². The molecule has 2 aromatic carbocycles. The summed E-state index contributed by atoms with van der Waals surface area (Å²) in [7, 11) is 1.27. The standard InChI is InChI=1S/C26H24ClF5N6O4/c1-11-36-25(38(37-11)18-5-13(27)3-4-16(18)26(30,31)32)24-22(39)21(23-19(41-24)10-35-42-23)34-9-12(8-33)15-6-14(40-2)7-17(28)20(15)29/h3-9,19,21-24,33-35,39H,10H2,1-2H3/b12-9+,33-8?. The zero-order chi connectivity index (χ0) is 30.3. The van der Waals surface area contributed by atoms with Crippen LogP contribution in [-0.4, -0.2) is 64.1 Å². The van der Waals surface area contributed by atoms with Gasteiger partial charge in [-0.05, 0) is 31.2 Å². The van der Waals surface area contributed by atoms with Gasteiger partial charge in [0.05, 0.1) is 30.9 Å². The lowest BCUT2D eigenvalue weighted by atomic mass is 9.92. The van der Waals surface area contributed by atoms with Gasteiger partial charge in [0.2, 0.25) is 0 Å². The summed E-state index contributed by atoms with van der Waals surface area (Å²) in [5.74, 6) is -2.44. The lowest BCUT2D eigenvalue weighted by Crippen LogP contribution is -2.58. The molecule has 3 heterocycles. The Morgan fingerprint density at radius 2 is 2.05 bits per heavy atom. The quantitative estimate of drug-likeness (QED) is 0.233. The van der Waals surface area contributed by atoms with Crippen LogP contribution in [0.3, 0.4) is 0 Å². The van der Waals surface area contributed by atoms with Crippen molar-refractivity contribution in [2.75, 3.05) is 13.7 Å². The van der Waals surface area contributed by atoms with Crippen LogP contribution in [0.2, 0.25) is 5.02 Å². The number of halogens is 6. The molecule has 0 bridgehead atoms. The molecular weight excluding hydrogens is 591 g/mol. The predicted molar refractivity (Wildman–Crippen MR) is 139 cm³/mol. The van der Waals surface area contributed by atoms with Crippen molar-refractivity contribution in [3.63, 3.8) is 0 Å². The molecular formula is C26H24ClF5N6O4. The van der Waals surface area contributed by atoms with Gasteiger partial charge in [-0.25, -0.2) is 18.4 Å². The molecule has 5 atom stereocenters. The van der Waals surface area contributed by atoms with E-state index in [0.29, 0.717) is 0 Å². The highest BCUT2D eigenvalue weighted by molar-refractivity contribution is 6.30. The molecule has 224 valence electrons. The van der Waals surface area contributed by atoms with Crippen molar-refractivity contribution in [2.45, 2.75) is 43.6 Å². The van der Waals surface area contributed by atoms with Crippen LogP contribution in [0.4, 0.5) is 22.0 Å². The average Bonchev–Trinajstić information content (AvgIpc) is 3.57. The minimum Gasteiger partial charge on any atom is -0.497 e. The second-order valence-electron chi connectivity index (χ2n) is 9.51. The molecule has 2 aliphatic heterocycles. The van der Waals surface area contributed by atoms with Gasteiger partial charge in [-0.3, -0.25) is 4.84 Å². The summed E-state index contributed by atoms with van der Waals surface area (Å²) in [6.07, 6.45) is -7.19. The lowest BCUT2D eigenvalue weighted by molar-refractivity contribution is -0.174. The number of nitrogens with one attached hydrogen (secondary N) is 3. The first-order chi connectivity index (χ1) is 19.9. The number of aromatic nitrogens is 3. The number of benzene rings is 2. The molecule has 10 nitrogen and oxygen atoms in total. The van der Waals surface area contributed by atoms with Crippen molar-refractivity contribution in [3.8, 4) is 11.4 Å². The van der Waals surface area contributed by atoms with E-state index in [1.165, 1.54) is 26.3 Å². The fourth-order valence-corrected chi connectivity index (χ4v) is 5.06. The Balaban J connectivity index is 1.54. The number of rotatable bonds is 7. The van der Waals surface area contributed by atoms with Gasteiger partial charge < -0.3 is 25.3 Å². The number of hydrogen-bond acceptors (Lipinski definition) is 9. The molecule has 1 aromatic heterocycles. The van der Waals surface area contributed by atoms with Gasteiger partial charge in [-0.15, -0.1) is 0 Å². The van der Waals surface area contributed by atoms with Crippen molar-refractivity contribution in [2.24, 2.45) is 0 Å². The lowest BCUT2D eigenvalue weighted by Gasteiger charge is -2.40. The monoisotopic (exact) mass is 614 g/mol. The SMILES string of the molecule is COc1cc(F)c(F)c(/C(C=N)=C/NC2C(O)C(c3nc(C)nn3-c3cc(Cl)ccc3C(F)(F)F)OC3CNOC32)c1. The van der Waals surface area contributed by atoms with E-state index in [9.17, 15) is 27.1 Å². The number of ether oxygens (including phenoxy) is 2. The summed E-state index contributed by atoms with van der Waals surface area (Å²) < 4.78 is 82.5. The minimum absolute atomic E-state index is 0.0140. The molecule has 5 rings (SSSR count). The van der Waals surface area contributed by atoms with Crippen LogP contribution in [0.15, 0.2) is 36.5 Å². The molecule has 3 aromatic rings. The Morgan fingerprint density at radius 3 is 2.74 bits per heavy atom. The number of aliphatic hydroxyl groups excluding tert-OH is 1. The first-order valence-corrected chi connectivity index (χ1v) is 12.8. The Kier molecular flexibility index (Phi) is 8.22. The van der Waals surface area contributed by atoms with Crippen molar-refractivity contribution in [1.29, 1.82) is 5.41 Å². The van der Waals surface area contributed by atoms with E-state index in [2.05, 4.69) is 20.9 Å². The fourth-order valence-electron chi connectivity index (χ4n) is 4.89. The Bertz CT molecular complexity index is 1530. The van der Waals surface area contributed by atoms with Gasteiger partial charge in [0.1, 0.15) is 36.0 Å². The summed E-state index contributed by atoms with van der Waals surface area (Å²) in [5.41, 5.74) is 0.820. The highest BCUT2D eigenvalue weighted by Crippen LogP contribution is 2.39. The number of aliphatic hydroxyl groups is 1. The molecule has 0 aliphatic carbocycles. The van der Waals surface area contributed by atoms with Gasteiger partial charge in [0.15, 0.2) is 17.5 Å². The molecule has 16 heteroatoms. The van der Waals surface area contributed by atoms with Gasteiger partial charge in [-0.1, -0.05) is 11.6 Å². The maximum absolute atomic E-state index is 14.6. The van der Waals surface area contributed by atoms with Crippen LogP contribution in [0, 0.1) is 24.0 Å². The van der Waals surface area contributed by atoms with E-state index in [1.54, 1.807) is 0 Å². The zero-order valence-electron chi connectivity index (χ0n) is 21.9. The van der Waals surface area contributed by atoms with E-state index in [1.807, 2.05) is 0 Å². The Hall–Kier alpha value is -3.63. The molecule has 2 saturated heterocycles. The number of hydroxylamine groups is 1. The number of fused-ring (bicyclic) bond motifs is 1. The molecule has 42 heavy (non-hydrogen) atoms. The van der Waals surface area contributed by atoms with Crippen molar-refractivity contribution < 1.29 is 41.4 Å². The second-order valence-corrected chi connectivity index (χ2v) is 9.95. The third-order valence-corrected chi connectivity index (χ3v) is 7.08. The highest BCUT2D eigenvalue weighted by Gasteiger charge is 2.51. The second kappa shape index (κ2) is 11.6. The largest absolute Gasteiger partial charge is 0.497 e. The highest BCUT2D eigenvalue weighted by atomic mass is 35.5. The molecule has 4 N–H and O–H groups in total. The summed E-state index contributed by atoms with van der Waals surface area (Å²) in [6, 6.07) is 4.02. The molecule has 0 saturated carbocycles. The summed E-state index contributed by atoms with van der Waals surface area (Å²) >= 11 is 6.03. The maximum atomic E-state index is 14.6. The van der Waals surface area contributed by atoms with Crippen LogP contribution in [0.1, 0.15) is 28.9 Å². The number of allylic oxidation sites excluding steroid dienone is 1. The number of nitrogens with zero attached hydrogens (tertiary/aromatic N) is 3. The van der Waals surface area contributed by atoms with Gasteiger partial charge in [-0.2, -0.15) is 23.8 Å². The molecule has 2 fully saturated rings. The molecule has 0 spiro atoms. The van der Waals surface area contributed by atoms with Crippen LogP contribution in [-0.2, 0) is 15.8 Å². The summed E-state index contributed by atoms with van der Waals surface area (Å²) in [5, 5.41) is 26.3. The fraction of sp³-hybridized carbons (Fsp3) is 0.346. The van der Waals surface area contributed by atoms with Crippen molar-refractivity contribution in [1.82, 2.24) is 25.6 Å². The van der Waals surface area contributed by atoms with E-state index in [0.717, 1.165) is 35.2 Å². The zero-order valence-corrected chi connectivity index (χ0v) is 22.7. The average molecular weight is 615 g/mol. The van der Waals surface area contributed by atoms with Gasteiger partial charge >= 0.3 is 6.18 Å². The summed E-state index contributed by atoms with van der Waals surface area (Å²) in [6.45, 7) is 1.62. The molecule has 5 unspecified atom stereocenters. The van der Waals surface area contributed by atoms with Gasteiger partial charge in [0.25, 0.3) is 0 Å². The predicted octanol–water partition coefficient (Wildman–Crippen LogP) is 3.89. The smallest absolute Gasteiger partial charge is 0.418 e. The number of hydrogen-bond donors (Lipinski definition) is 4. The van der Waals surface area contributed by atoms with Crippen molar-refractivity contribution in [3.05, 3.63) is 76.0 Å². The van der Waals surface area contributed by atoms with Crippen LogP contribution < -0.4 is 15.5 Å². The van der Waals surface area contributed by atoms with Crippen LogP contribution in [0.5, 0.6) is 5.75 Å². The van der Waals surface area contributed by atoms with E-state index in [-0.39, 0.29) is 40.1 Å². The van der Waals surface area contributed by atoms with Crippen LogP contribution >= 0.6 is 11.6 Å². The van der Waals surface area contributed by atoms with E-state index in [4.69, 9.17) is 31.3 Å². The molecule has 0 amide bonds. The molecule has 2 aliphatic rings. The summed E-state index contributed by atoms with van der Waals surface area (Å²) in [4.78, 5) is 9.80.